The van der Waals surface area contributed by atoms with E-state index in [0.717, 1.165) is 13.1 Å². The molecule has 96 valence electrons. The predicted octanol–water partition coefficient (Wildman–Crippen LogP) is -1.24. The van der Waals surface area contributed by atoms with E-state index >= 15 is 0 Å². The van der Waals surface area contributed by atoms with Gasteiger partial charge in [0.25, 0.3) is 0 Å². The number of β-amino-alcohol motifs (C(OH)–C–C–N with tert-alkyl or cyclic N) is 1. The lowest BCUT2D eigenvalue weighted by Crippen LogP contribution is -2.55. The molecule has 1 saturated heterocycles. The summed E-state index contributed by atoms with van der Waals surface area (Å²) < 4.78 is 34.6. The Hall–Kier alpha value is -0.250. The molecule has 0 aromatic rings. The molecule has 0 spiro atoms. The number of likely N-dealkylation sites (N-methyl/N-ethyl adjacent to an activating group) is 1. The summed E-state index contributed by atoms with van der Waals surface area (Å²) in [7, 11) is -4.46. The van der Waals surface area contributed by atoms with E-state index in [0.29, 0.717) is 19.6 Å². The number of aliphatic hydroxyl groups is 1. The lowest BCUT2D eigenvalue weighted by atomic mass is 10.3. The van der Waals surface area contributed by atoms with E-state index in [-0.39, 0.29) is 6.61 Å². The van der Waals surface area contributed by atoms with Gasteiger partial charge in [0.15, 0.2) is 0 Å². The highest BCUT2D eigenvalue weighted by Gasteiger charge is 2.29. The van der Waals surface area contributed by atoms with Crippen LogP contribution in [0.1, 0.15) is 6.92 Å². The van der Waals surface area contributed by atoms with Gasteiger partial charge in [-0.2, -0.15) is 8.42 Å². The van der Waals surface area contributed by atoms with E-state index in [1.54, 1.807) is 4.90 Å². The van der Waals surface area contributed by atoms with Crippen molar-refractivity contribution in [2.24, 2.45) is 0 Å². The number of rotatable bonds is 5. The second-order valence-electron chi connectivity index (χ2n) is 3.63. The Morgan fingerprint density at radius 1 is 1.44 bits per heavy atom. The molecule has 1 unspecified atom stereocenters. The third kappa shape index (κ3) is 4.32. The van der Waals surface area contributed by atoms with Crippen LogP contribution in [-0.2, 0) is 14.6 Å². The highest BCUT2D eigenvalue weighted by molar-refractivity contribution is 7.80. The first kappa shape index (κ1) is 13.8. The summed E-state index contributed by atoms with van der Waals surface area (Å²) in [5.74, 6) is 0. The second kappa shape index (κ2) is 5.89. The molecule has 0 amide bonds. The maximum atomic E-state index is 10.7. The van der Waals surface area contributed by atoms with Gasteiger partial charge in [0.1, 0.15) is 6.23 Å². The van der Waals surface area contributed by atoms with E-state index in [9.17, 15) is 8.42 Å². The van der Waals surface area contributed by atoms with Crippen LogP contribution in [0.25, 0.3) is 0 Å². The van der Waals surface area contributed by atoms with Crippen molar-refractivity contribution in [3.05, 3.63) is 0 Å². The first-order chi connectivity index (χ1) is 7.46. The van der Waals surface area contributed by atoms with Crippen molar-refractivity contribution in [3.8, 4) is 0 Å². The monoisotopic (exact) mass is 254 g/mol. The molecular weight excluding hydrogens is 236 g/mol. The molecule has 0 bridgehead atoms. The largest absolute Gasteiger partial charge is 0.398 e. The van der Waals surface area contributed by atoms with Crippen LogP contribution in [0, 0.1) is 0 Å². The van der Waals surface area contributed by atoms with Gasteiger partial charge in [-0.1, -0.05) is 6.92 Å². The number of aliphatic hydroxyl groups excluding tert-OH is 1. The Morgan fingerprint density at radius 3 is 2.62 bits per heavy atom. The van der Waals surface area contributed by atoms with Crippen LogP contribution >= 0.6 is 0 Å². The van der Waals surface area contributed by atoms with Gasteiger partial charge in [-0.25, -0.2) is 4.18 Å². The molecule has 0 aromatic carbocycles. The SMILES string of the molecule is CCN1CCN(CCO)C(OS(=O)(=O)O)C1. The summed E-state index contributed by atoms with van der Waals surface area (Å²) in [5, 5.41) is 8.83. The third-order valence-electron chi connectivity index (χ3n) is 2.59. The van der Waals surface area contributed by atoms with Crippen molar-refractivity contribution in [2.75, 3.05) is 39.3 Å². The summed E-state index contributed by atoms with van der Waals surface area (Å²) >= 11 is 0. The van der Waals surface area contributed by atoms with Crippen molar-refractivity contribution in [1.82, 2.24) is 9.80 Å². The Morgan fingerprint density at radius 2 is 2.12 bits per heavy atom. The average molecular weight is 254 g/mol. The fourth-order valence-electron chi connectivity index (χ4n) is 1.74. The van der Waals surface area contributed by atoms with Crippen molar-refractivity contribution in [1.29, 1.82) is 0 Å². The van der Waals surface area contributed by atoms with Crippen LogP contribution in [0.5, 0.6) is 0 Å². The lowest BCUT2D eigenvalue weighted by Gasteiger charge is -2.39. The van der Waals surface area contributed by atoms with Crippen molar-refractivity contribution < 1.29 is 22.3 Å². The Balaban J connectivity index is 2.63. The molecule has 1 heterocycles. The zero-order chi connectivity index (χ0) is 12.2. The van der Waals surface area contributed by atoms with Gasteiger partial charge < -0.3 is 5.11 Å². The molecule has 1 fully saturated rings. The molecule has 0 radical (unpaired) electrons. The number of nitrogens with zero attached hydrogens (tertiary/aromatic N) is 2. The van der Waals surface area contributed by atoms with Crippen LogP contribution in [0.2, 0.25) is 0 Å². The minimum Gasteiger partial charge on any atom is -0.395 e. The van der Waals surface area contributed by atoms with Crippen LogP contribution in [0.15, 0.2) is 0 Å². The first-order valence-electron chi connectivity index (χ1n) is 5.19. The molecule has 8 heteroatoms. The molecule has 1 aliphatic heterocycles. The minimum atomic E-state index is -4.46. The summed E-state index contributed by atoms with van der Waals surface area (Å²) in [6.45, 7) is 4.81. The Labute approximate surface area is 95.6 Å². The lowest BCUT2D eigenvalue weighted by molar-refractivity contribution is -0.0449. The number of hydrogen-bond acceptors (Lipinski definition) is 6. The maximum Gasteiger partial charge on any atom is 0.398 e. The van der Waals surface area contributed by atoms with Gasteiger partial charge in [0, 0.05) is 26.2 Å². The molecule has 1 atom stereocenters. The zero-order valence-electron chi connectivity index (χ0n) is 9.24. The number of hydrogen-bond donors (Lipinski definition) is 2. The number of piperazine rings is 1. The van der Waals surface area contributed by atoms with Crippen LogP contribution in [0.4, 0.5) is 0 Å². The van der Waals surface area contributed by atoms with Crippen molar-refractivity contribution in [3.63, 3.8) is 0 Å². The standard InChI is InChI=1S/C8H18N2O5S/c1-2-9-3-4-10(5-6-11)8(7-9)15-16(12,13)14/h8,11H,2-7H2,1H3,(H,12,13,14). The van der Waals surface area contributed by atoms with Crippen LogP contribution in [0.3, 0.4) is 0 Å². The second-order valence-corrected chi connectivity index (χ2v) is 4.68. The van der Waals surface area contributed by atoms with E-state index < -0.39 is 16.6 Å². The van der Waals surface area contributed by atoms with Crippen LogP contribution in [-0.4, -0.2) is 73.4 Å². The van der Waals surface area contributed by atoms with Gasteiger partial charge in [0.2, 0.25) is 0 Å². The van der Waals surface area contributed by atoms with E-state index in [2.05, 4.69) is 4.18 Å². The Kier molecular flexibility index (Phi) is 5.09. The molecule has 16 heavy (non-hydrogen) atoms. The molecule has 2 N–H and O–H groups in total. The highest BCUT2D eigenvalue weighted by atomic mass is 32.3. The summed E-state index contributed by atoms with van der Waals surface area (Å²) in [4.78, 5) is 3.71. The highest BCUT2D eigenvalue weighted by Crippen LogP contribution is 2.12. The fraction of sp³-hybridized carbons (Fsp3) is 1.00. The van der Waals surface area contributed by atoms with Gasteiger partial charge in [-0.3, -0.25) is 14.4 Å². The molecule has 7 nitrogen and oxygen atoms in total. The van der Waals surface area contributed by atoms with E-state index in [4.69, 9.17) is 9.66 Å². The zero-order valence-corrected chi connectivity index (χ0v) is 10.1. The van der Waals surface area contributed by atoms with E-state index in [1.165, 1.54) is 0 Å². The van der Waals surface area contributed by atoms with Crippen LogP contribution < -0.4 is 0 Å². The Bertz CT molecular complexity index is 308. The molecule has 1 rings (SSSR count). The maximum absolute atomic E-state index is 10.7. The van der Waals surface area contributed by atoms with Gasteiger partial charge in [0.05, 0.1) is 6.61 Å². The van der Waals surface area contributed by atoms with Gasteiger partial charge in [-0.05, 0) is 6.54 Å². The molecule has 0 saturated carbocycles. The summed E-state index contributed by atoms with van der Waals surface area (Å²) in [6.07, 6.45) is -0.726. The third-order valence-corrected chi connectivity index (χ3v) is 3.06. The van der Waals surface area contributed by atoms with Gasteiger partial charge in [-0.15, -0.1) is 0 Å². The van der Waals surface area contributed by atoms with E-state index in [1.807, 2.05) is 11.8 Å². The van der Waals surface area contributed by atoms with Crippen molar-refractivity contribution in [2.45, 2.75) is 13.2 Å². The quantitative estimate of drug-likeness (QED) is 0.593. The minimum absolute atomic E-state index is 0.0720. The fourth-order valence-corrected chi connectivity index (χ4v) is 2.21. The average Bonchev–Trinajstić information content (AvgIpc) is 2.18. The molecule has 0 aromatic heterocycles. The first-order valence-corrected chi connectivity index (χ1v) is 6.55. The predicted molar refractivity (Wildman–Crippen MR) is 57.2 cm³/mol. The smallest absolute Gasteiger partial charge is 0.395 e. The topological polar surface area (TPSA) is 90.3 Å². The molecule has 1 aliphatic rings. The molecule has 0 aliphatic carbocycles. The van der Waals surface area contributed by atoms with Gasteiger partial charge >= 0.3 is 10.4 Å². The molecular formula is C8H18N2O5S. The van der Waals surface area contributed by atoms with Crippen molar-refractivity contribution >= 4 is 10.4 Å². The summed E-state index contributed by atoms with van der Waals surface area (Å²) in [6, 6.07) is 0. The summed E-state index contributed by atoms with van der Waals surface area (Å²) in [5.41, 5.74) is 0. The normalized spacial score (nSPS) is 24.8.